The van der Waals surface area contributed by atoms with Crippen LogP contribution in [-0.4, -0.2) is 37.1 Å². The number of rotatable bonds is 3. The summed E-state index contributed by atoms with van der Waals surface area (Å²) in [6, 6.07) is 7.46. The Balaban J connectivity index is 1.70. The first-order valence-corrected chi connectivity index (χ1v) is 8.06. The van der Waals surface area contributed by atoms with Crippen LogP contribution >= 0.6 is 0 Å². The van der Waals surface area contributed by atoms with Gasteiger partial charge in [0.1, 0.15) is 0 Å². The highest BCUT2D eigenvalue weighted by Crippen LogP contribution is 2.28. The van der Waals surface area contributed by atoms with Crippen LogP contribution in [0.3, 0.4) is 0 Å². The minimum absolute atomic E-state index is 0.641. The molecule has 2 saturated heterocycles. The third kappa shape index (κ3) is 2.84. The number of hydrogen-bond donors (Lipinski definition) is 1. The quantitative estimate of drug-likeness (QED) is 0.918. The van der Waals surface area contributed by atoms with Crippen molar-refractivity contribution in [3.8, 4) is 0 Å². The second-order valence-electron chi connectivity index (χ2n) is 6.32. The van der Waals surface area contributed by atoms with E-state index < -0.39 is 0 Å². The van der Waals surface area contributed by atoms with Crippen molar-refractivity contribution < 1.29 is 0 Å². The molecule has 1 unspecified atom stereocenters. The molecule has 3 heteroatoms. The van der Waals surface area contributed by atoms with Crippen LogP contribution in [0.25, 0.3) is 0 Å². The Morgan fingerprint density at radius 2 is 1.95 bits per heavy atom. The topological polar surface area (TPSA) is 32.5 Å². The molecule has 2 fully saturated rings. The lowest BCUT2D eigenvalue weighted by molar-refractivity contribution is 0.175. The fourth-order valence-electron chi connectivity index (χ4n) is 3.73. The van der Waals surface area contributed by atoms with Crippen molar-refractivity contribution in [3.05, 3.63) is 29.3 Å². The Bertz CT molecular complexity index is 452. The molecule has 110 valence electrons. The van der Waals surface area contributed by atoms with Crippen molar-refractivity contribution >= 4 is 5.69 Å². The summed E-state index contributed by atoms with van der Waals surface area (Å²) in [6.07, 6.45) is 5.49. The molecular formula is C17H27N3. The van der Waals surface area contributed by atoms with Gasteiger partial charge in [-0.25, -0.2) is 0 Å². The summed E-state index contributed by atoms with van der Waals surface area (Å²) in [5, 5.41) is 0. The monoisotopic (exact) mass is 273 g/mol. The van der Waals surface area contributed by atoms with Gasteiger partial charge in [-0.2, -0.15) is 0 Å². The van der Waals surface area contributed by atoms with Gasteiger partial charge in [-0.1, -0.05) is 24.1 Å². The van der Waals surface area contributed by atoms with Gasteiger partial charge in [0.15, 0.2) is 0 Å². The maximum atomic E-state index is 5.93. The van der Waals surface area contributed by atoms with Gasteiger partial charge in [-0.05, 0) is 50.9 Å². The molecule has 3 nitrogen and oxygen atoms in total. The fraction of sp³-hybridized carbons (Fsp3) is 0.647. The van der Waals surface area contributed by atoms with Crippen LogP contribution < -0.4 is 10.6 Å². The van der Waals surface area contributed by atoms with E-state index in [4.69, 9.17) is 5.73 Å². The highest BCUT2D eigenvalue weighted by Gasteiger charge is 2.29. The van der Waals surface area contributed by atoms with Crippen LogP contribution in [-0.2, 0) is 6.54 Å². The van der Waals surface area contributed by atoms with E-state index in [1.165, 1.54) is 68.7 Å². The van der Waals surface area contributed by atoms with Gasteiger partial charge in [0.25, 0.3) is 0 Å². The molecule has 0 aromatic heterocycles. The first-order chi connectivity index (χ1) is 9.78. The first-order valence-electron chi connectivity index (χ1n) is 8.06. The van der Waals surface area contributed by atoms with Crippen molar-refractivity contribution in [2.24, 2.45) is 5.73 Å². The number of hydrogen-bond acceptors (Lipinski definition) is 3. The molecule has 1 aromatic carbocycles. The summed E-state index contributed by atoms with van der Waals surface area (Å²) in [5.41, 5.74) is 9.89. The molecule has 2 aliphatic rings. The predicted molar refractivity (Wildman–Crippen MR) is 85.1 cm³/mol. The molecule has 2 heterocycles. The molecule has 3 rings (SSSR count). The molecule has 0 amide bonds. The normalized spacial score (nSPS) is 24.3. The minimum atomic E-state index is 0.641. The van der Waals surface area contributed by atoms with Gasteiger partial charge in [0.05, 0.1) is 0 Å². The lowest BCUT2D eigenvalue weighted by Crippen LogP contribution is -2.41. The summed E-state index contributed by atoms with van der Waals surface area (Å²) in [7, 11) is 0. The van der Waals surface area contributed by atoms with Crippen LogP contribution in [0, 0.1) is 6.92 Å². The zero-order valence-corrected chi connectivity index (χ0v) is 12.6. The van der Waals surface area contributed by atoms with Crippen LogP contribution in [0.4, 0.5) is 5.69 Å². The Morgan fingerprint density at radius 3 is 2.70 bits per heavy atom. The average Bonchev–Trinajstić information content (AvgIpc) is 2.97. The lowest BCUT2D eigenvalue weighted by Gasteiger charge is -2.32. The van der Waals surface area contributed by atoms with E-state index in [1.807, 2.05) is 0 Å². The molecule has 0 bridgehead atoms. The Morgan fingerprint density at radius 1 is 1.15 bits per heavy atom. The highest BCUT2D eigenvalue weighted by molar-refractivity contribution is 5.56. The van der Waals surface area contributed by atoms with Gasteiger partial charge in [-0.15, -0.1) is 0 Å². The van der Waals surface area contributed by atoms with Gasteiger partial charge in [-0.3, -0.25) is 4.90 Å². The van der Waals surface area contributed by atoms with E-state index in [2.05, 4.69) is 34.9 Å². The largest absolute Gasteiger partial charge is 0.370 e. The minimum Gasteiger partial charge on any atom is -0.370 e. The van der Waals surface area contributed by atoms with Crippen molar-refractivity contribution in [1.29, 1.82) is 0 Å². The molecule has 1 aromatic rings. The van der Waals surface area contributed by atoms with E-state index in [9.17, 15) is 0 Å². The number of anilines is 1. The number of nitrogens with two attached hydrogens (primary N) is 1. The third-order valence-corrected chi connectivity index (χ3v) is 4.87. The van der Waals surface area contributed by atoms with Gasteiger partial charge in [0, 0.05) is 31.4 Å². The summed E-state index contributed by atoms with van der Waals surface area (Å²) < 4.78 is 0. The molecular weight excluding hydrogens is 246 g/mol. The number of benzene rings is 1. The van der Waals surface area contributed by atoms with E-state index in [0.29, 0.717) is 6.54 Å². The molecule has 20 heavy (non-hydrogen) atoms. The zero-order chi connectivity index (χ0) is 13.9. The number of piperidine rings is 1. The molecule has 0 saturated carbocycles. The van der Waals surface area contributed by atoms with Crippen molar-refractivity contribution in [3.63, 3.8) is 0 Å². The Hall–Kier alpha value is -1.06. The maximum absolute atomic E-state index is 5.93. The highest BCUT2D eigenvalue weighted by atomic mass is 15.3. The van der Waals surface area contributed by atoms with Crippen molar-refractivity contribution in [1.82, 2.24) is 4.90 Å². The molecule has 2 aliphatic heterocycles. The Labute approximate surface area is 122 Å². The second kappa shape index (κ2) is 6.15. The third-order valence-electron chi connectivity index (χ3n) is 4.87. The maximum Gasteiger partial charge on any atom is 0.0412 e. The fourth-order valence-corrected chi connectivity index (χ4v) is 3.73. The van der Waals surface area contributed by atoms with Gasteiger partial charge < -0.3 is 10.6 Å². The van der Waals surface area contributed by atoms with E-state index in [0.717, 1.165) is 6.04 Å². The number of aryl methyl sites for hydroxylation is 1. The molecule has 0 aliphatic carbocycles. The van der Waals surface area contributed by atoms with Crippen molar-refractivity contribution in [2.75, 3.05) is 31.1 Å². The van der Waals surface area contributed by atoms with E-state index >= 15 is 0 Å². The zero-order valence-electron chi connectivity index (χ0n) is 12.6. The van der Waals surface area contributed by atoms with Gasteiger partial charge in [0.2, 0.25) is 0 Å². The molecule has 1 atom stereocenters. The number of likely N-dealkylation sites (tertiary alicyclic amines) is 1. The predicted octanol–water partition coefficient (Wildman–Crippen LogP) is 2.52. The summed E-state index contributed by atoms with van der Waals surface area (Å²) in [5.74, 6) is 0. The summed E-state index contributed by atoms with van der Waals surface area (Å²) in [6.45, 7) is 7.74. The number of nitrogens with zero attached hydrogens (tertiary/aromatic N) is 2. The summed E-state index contributed by atoms with van der Waals surface area (Å²) in [4.78, 5) is 5.25. The van der Waals surface area contributed by atoms with Gasteiger partial charge >= 0.3 is 0 Å². The van der Waals surface area contributed by atoms with Crippen LogP contribution in [0.1, 0.15) is 36.8 Å². The SMILES string of the molecule is Cc1ccc(N2CCC(N3CCCCC3)C2)c(CN)c1. The standard InChI is InChI=1S/C17H27N3/c1-14-5-6-17(15(11-14)12-18)20-10-7-16(13-20)19-8-3-2-4-9-19/h5-6,11,16H,2-4,7-10,12-13,18H2,1H3. The smallest absolute Gasteiger partial charge is 0.0412 e. The van der Waals surface area contributed by atoms with Crippen LogP contribution in [0.2, 0.25) is 0 Å². The van der Waals surface area contributed by atoms with E-state index in [-0.39, 0.29) is 0 Å². The van der Waals surface area contributed by atoms with E-state index in [1.54, 1.807) is 0 Å². The first kappa shape index (κ1) is 13.9. The lowest BCUT2D eigenvalue weighted by atomic mass is 10.1. The van der Waals surface area contributed by atoms with Crippen LogP contribution in [0.5, 0.6) is 0 Å². The second-order valence-corrected chi connectivity index (χ2v) is 6.32. The molecule has 0 spiro atoms. The average molecular weight is 273 g/mol. The van der Waals surface area contributed by atoms with Crippen LogP contribution in [0.15, 0.2) is 18.2 Å². The Kier molecular flexibility index (Phi) is 4.27. The summed E-state index contributed by atoms with van der Waals surface area (Å²) >= 11 is 0. The molecule has 0 radical (unpaired) electrons. The van der Waals surface area contributed by atoms with Crippen molar-refractivity contribution in [2.45, 2.75) is 45.2 Å². The molecule has 2 N–H and O–H groups in total.